The number of carbonyl (C=O) groups is 1. The summed E-state index contributed by atoms with van der Waals surface area (Å²) in [4.78, 5) is 36.5. The summed E-state index contributed by atoms with van der Waals surface area (Å²) in [7, 11) is 0. The van der Waals surface area contributed by atoms with Crippen LogP contribution in [0.25, 0.3) is 11.4 Å². The lowest BCUT2D eigenvalue weighted by Gasteiger charge is -2.10. The van der Waals surface area contributed by atoms with E-state index < -0.39 is 17.8 Å². The second-order valence-corrected chi connectivity index (χ2v) is 8.15. The number of carbonyl (C=O) groups excluding carboxylic acids is 1. The van der Waals surface area contributed by atoms with Crippen molar-refractivity contribution in [2.24, 2.45) is 10.7 Å². The molecular formula is C27H21F3N6O2. The Bertz CT molecular complexity index is 1560. The van der Waals surface area contributed by atoms with Crippen LogP contribution in [0.2, 0.25) is 0 Å². The molecule has 0 aliphatic carbocycles. The third-order valence-corrected chi connectivity index (χ3v) is 5.30. The molecule has 38 heavy (non-hydrogen) atoms. The molecule has 0 unspecified atom stereocenters. The quantitative estimate of drug-likeness (QED) is 0.355. The molecule has 3 N–H and O–H groups in total. The zero-order valence-corrected chi connectivity index (χ0v) is 20.0. The van der Waals surface area contributed by atoms with E-state index in [9.17, 15) is 22.8 Å². The summed E-state index contributed by atoms with van der Waals surface area (Å²) in [6.45, 7) is 1.92. The molecule has 0 fully saturated rings. The lowest BCUT2D eigenvalue weighted by atomic mass is 10.1. The normalized spacial score (nSPS) is 12.3. The van der Waals surface area contributed by atoms with Crippen molar-refractivity contribution in [1.29, 1.82) is 0 Å². The van der Waals surface area contributed by atoms with Gasteiger partial charge in [-0.05, 0) is 55.5 Å². The maximum Gasteiger partial charge on any atom is 0.433 e. The van der Waals surface area contributed by atoms with Gasteiger partial charge in [0.2, 0.25) is 0 Å². The Morgan fingerprint density at radius 3 is 2.42 bits per heavy atom. The first-order valence-electron chi connectivity index (χ1n) is 11.2. The average Bonchev–Trinajstić information content (AvgIpc) is 2.90. The Kier molecular flexibility index (Phi) is 7.47. The van der Waals surface area contributed by atoms with E-state index >= 15 is 0 Å². The fraction of sp³-hybridized carbons (Fsp3) is 0.0741. The predicted molar refractivity (Wildman–Crippen MR) is 139 cm³/mol. The van der Waals surface area contributed by atoms with Crippen LogP contribution >= 0.6 is 0 Å². The maximum absolute atomic E-state index is 13.6. The first-order valence-corrected chi connectivity index (χ1v) is 11.2. The molecule has 0 bridgehead atoms. The van der Waals surface area contributed by atoms with E-state index in [0.29, 0.717) is 11.3 Å². The number of nitrogens with one attached hydrogen (secondary N) is 1. The van der Waals surface area contributed by atoms with Gasteiger partial charge in [0.1, 0.15) is 11.5 Å². The zero-order chi connectivity index (χ0) is 27.3. The second kappa shape index (κ2) is 10.9. The molecule has 192 valence electrons. The Balaban J connectivity index is 1.53. The van der Waals surface area contributed by atoms with E-state index in [1.807, 2.05) is 19.1 Å². The van der Waals surface area contributed by atoms with E-state index in [2.05, 4.69) is 20.3 Å². The van der Waals surface area contributed by atoms with Gasteiger partial charge in [-0.3, -0.25) is 19.1 Å². The number of benzene rings is 1. The second-order valence-electron chi connectivity index (χ2n) is 8.15. The third kappa shape index (κ3) is 6.38. The van der Waals surface area contributed by atoms with Gasteiger partial charge in [0.15, 0.2) is 0 Å². The molecule has 1 amide bonds. The topological polar surface area (TPSA) is 115 Å². The molecule has 0 aliphatic rings. The van der Waals surface area contributed by atoms with Crippen LogP contribution in [0.15, 0.2) is 101 Å². The maximum atomic E-state index is 13.6. The first kappa shape index (κ1) is 26.0. The van der Waals surface area contributed by atoms with Crippen molar-refractivity contribution in [1.82, 2.24) is 14.5 Å². The standard InChI is InChI=1S/C27H21F3N6O2/c1-17-4-8-21(9-5-17)36-16-19(6-11-25(36)37)26(38)35-24-10-7-20(15-33-24)34-23(27(28,29)30)13-22(31)18-3-2-12-32-14-18/h2-16H,31H2,1H3,(H,33,35,38). The summed E-state index contributed by atoms with van der Waals surface area (Å²) in [6.07, 6.45) is 1.24. The number of aryl methyl sites for hydroxylation is 1. The third-order valence-electron chi connectivity index (χ3n) is 5.30. The van der Waals surface area contributed by atoms with Crippen LogP contribution in [-0.4, -0.2) is 32.3 Å². The highest BCUT2D eigenvalue weighted by Gasteiger charge is 2.34. The van der Waals surface area contributed by atoms with Gasteiger partial charge in [-0.25, -0.2) is 9.98 Å². The summed E-state index contributed by atoms with van der Waals surface area (Å²) >= 11 is 0. The van der Waals surface area contributed by atoms with E-state index in [1.165, 1.54) is 53.5 Å². The fourth-order valence-electron chi connectivity index (χ4n) is 3.32. The van der Waals surface area contributed by atoms with Gasteiger partial charge in [-0.15, -0.1) is 0 Å². The van der Waals surface area contributed by atoms with Gasteiger partial charge in [-0.2, -0.15) is 13.2 Å². The average molecular weight is 518 g/mol. The number of hydrogen-bond donors (Lipinski definition) is 2. The molecule has 1 aromatic carbocycles. The van der Waals surface area contributed by atoms with E-state index in [-0.39, 0.29) is 28.3 Å². The minimum atomic E-state index is -4.78. The molecule has 4 aromatic rings. The SMILES string of the molecule is Cc1ccc(-n2cc(C(=O)Nc3ccc(N=C(C=C(N)c4cccnc4)C(F)(F)F)cn3)ccc2=O)cc1. The number of hydrogen-bond acceptors (Lipinski definition) is 6. The van der Waals surface area contributed by atoms with Gasteiger partial charge >= 0.3 is 6.18 Å². The molecule has 3 aromatic heterocycles. The number of nitrogens with zero attached hydrogens (tertiary/aromatic N) is 4. The van der Waals surface area contributed by atoms with Gasteiger partial charge in [0, 0.05) is 41.6 Å². The smallest absolute Gasteiger partial charge is 0.398 e. The molecule has 8 nitrogen and oxygen atoms in total. The highest BCUT2D eigenvalue weighted by molar-refractivity contribution is 6.05. The number of allylic oxidation sites excluding steroid dienone is 1. The number of aliphatic imine (C=N–C) groups is 1. The number of alkyl halides is 3. The summed E-state index contributed by atoms with van der Waals surface area (Å²) in [6, 6.07) is 15.5. The molecule has 3 heterocycles. The van der Waals surface area contributed by atoms with E-state index in [4.69, 9.17) is 5.73 Å². The van der Waals surface area contributed by atoms with E-state index in [1.54, 1.807) is 18.2 Å². The first-order chi connectivity index (χ1) is 18.1. The molecule has 0 aliphatic heterocycles. The van der Waals surface area contributed by atoms with Gasteiger partial charge < -0.3 is 11.1 Å². The highest BCUT2D eigenvalue weighted by atomic mass is 19.4. The van der Waals surface area contributed by atoms with Crippen LogP contribution in [-0.2, 0) is 0 Å². The van der Waals surface area contributed by atoms with Crippen molar-refractivity contribution in [3.63, 3.8) is 0 Å². The van der Waals surface area contributed by atoms with Crippen LogP contribution in [0.1, 0.15) is 21.5 Å². The predicted octanol–water partition coefficient (Wildman–Crippen LogP) is 4.82. The molecule has 0 saturated carbocycles. The summed E-state index contributed by atoms with van der Waals surface area (Å²) in [5, 5.41) is 2.55. The van der Waals surface area contributed by atoms with E-state index in [0.717, 1.165) is 17.8 Å². The van der Waals surface area contributed by atoms with Crippen molar-refractivity contribution in [2.75, 3.05) is 5.32 Å². The Morgan fingerprint density at radius 2 is 1.79 bits per heavy atom. The van der Waals surface area contributed by atoms with Crippen molar-refractivity contribution < 1.29 is 18.0 Å². The molecule has 0 atom stereocenters. The van der Waals surface area contributed by atoms with Crippen LogP contribution in [0.3, 0.4) is 0 Å². The minimum Gasteiger partial charge on any atom is -0.398 e. The molecule has 0 spiro atoms. The van der Waals surface area contributed by atoms with Crippen molar-refractivity contribution in [3.8, 4) is 5.69 Å². The number of amides is 1. The van der Waals surface area contributed by atoms with Gasteiger partial charge in [0.05, 0.1) is 17.4 Å². The number of nitrogens with two attached hydrogens (primary N) is 1. The van der Waals surface area contributed by atoms with Crippen LogP contribution in [0.4, 0.5) is 24.7 Å². The van der Waals surface area contributed by atoms with Crippen LogP contribution in [0, 0.1) is 6.92 Å². The number of halogens is 3. The summed E-state index contributed by atoms with van der Waals surface area (Å²) in [5.74, 6) is -0.473. The molecule has 0 saturated heterocycles. The molecule has 4 rings (SSSR count). The number of anilines is 1. The lowest BCUT2D eigenvalue weighted by Crippen LogP contribution is -2.22. The van der Waals surface area contributed by atoms with Gasteiger partial charge in [-0.1, -0.05) is 17.7 Å². The molecule has 11 heteroatoms. The van der Waals surface area contributed by atoms with Crippen molar-refractivity contribution in [2.45, 2.75) is 13.1 Å². The zero-order valence-electron chi connectivity index (χ0n) is 20.0. The molecular weight excluding hydrogens is 497 g/mol. The number of aromatic nitrogens is 3. The summed E-state index contributed by atoms with van der Waals surface area (Å²) < 4.78 is 42.1. The largest absolute Gasteiger partial charge is 0.433 e. The van der Waals surface area contributed by atoms with Crippen LogP contribution in [0.5, 0.6) is 0 Å². The Labute approximate surface area is 215 Å². The summed E-state index contributed by atoms with van der Waals surface area (Å²) in [5.41, 5.74) is 6.11. The highest BCUT2D eigenvalue weighted by Crippen LogP contribution is 2.24. The fourth-order valence-corrected chi connectivity index (χ4v) is 3.32. The van der Waals surface area contributed by atoms with Gasteiger partial charge in [0.25, 0.3) is 11.5 Å². The minimum absolute atomic E-state index is 0.0843. The number of rotatable bonds is 6. The Morgan fingerprint density at radius 1 is 1.03 bits per heavy atom. The lowest BCUT2D eigenvalue weighted by molar-refractivity contribution is -0.0576. The monoisotopic (exact) mass is 518 g/mol. The Hall–Kier alpha value is -5.06. The number of pyridine rings is 3. The van der Waals surface area contributed by atoms with Crippen molar-refractivity contribution in [3.05, 3.63) is 119 Å². The molecule has 0 radical (unpaired) electrons. The van der Waals surface area contributed by atoms with Crippen LogP contribution < -0.4 is 16.6 Å². The van der Waals surface area contributed by atoms with Crippen molar-refractivity contribution >= 4 is 28.8 Å².